The molecule has 1 amide bonds. The Hall–Kier alpha value is -1.36. The molecular formula is C13H8Cl3FN2O. The van der Waals surface area contributed by atoms with Gasteiger partial charge in [-0.2, -0.15) is 0 Å². The number of amides is 1. The van der Waals surface area contributed by atoms with Crippen LogP contribution in [0.15, 0.2) is 24.4 Å². The van der Waals surface area contributed by atoms with E-state index in [0.29, 0.717) is 5.69 Å². The third-order valence-corrected chi connectivity index (χ3v) is 3.34. The molecule has 0 unspecified atom stereocenters. The lowest BCUT2D eigenvalue weighted by molar-refractivity contribution is 0.102. The summed E-state index contributed by atoms with van der Waals surface area (Å²) < 4.78 is 13.3. The standard InChI is InChI=1S/C13H8Cl3FN2O/c1-6-2-9(14)8(5-18-6)13(20)19-7-3-10(15)12(17)11(16)4-7/h2-5H,1H3,(H,19,20). The van der Waals surface area contributed by atoms with E-state index in [4.69, 9.17) is 34.8 Å². The van der Waals surface area contributed by atoms with Crippen LogP contribution in [0.3, 0.4) is 0 Å². The molecule has 3 nitrogen and oxygen atoms in total. The molecule has 1 N–H and O–H groups in total. The number of aromatic nitrogens is 1. The van der Waals surface area contributed by atoms with Gasteiger partial charge in [-0.1, -0.05) is 34.8 Å². The predicted octanol–water partition coefficient (Wildman–Crippen LogP) is 4.74. The van der Waals surface area contributed by atoms with Crippen LogP contribution in [-0.2, 0) is 0 Å². The third kappa shape index (κ3) is 3.20. The highest BCUT2D eigenvalue weighted by Crippen LogP contribution is 2.28. The number of aryl methyl sites for hydroxylation is 1. The third-order valence-electron chi connectivity index (χ3n) is 2.48. The summed E-state index contributed by atoms with van der Waals surface area (Å²) in [5, 5.41) is 2.44. The number of pyridine rings is 1. The summed E-state index contributed by atoms with van der Waals surface area (Å²) in [6.07, 6.45) is 1.36. The molecule has 0 radical (unpaired) electrons. The molecule has 0 saturated carbocycles. The van der Waals surface area contributed by atoms with Gasteiger partial charge in [0.25, 0.3) is 5.91 Å². The molecule has 0 atom stereocenters. The Balaban J connectivity index is 2.28. The van der Waals surface area contributed by atoms with Gasteiger partial charge < -0.3 is 5.32 Å². The molecule has 0 saturated heterocycles. The lowest BCUT2D eigenvalue weighted by Gasteiger charge is -2.08. The predicted molar refractivity (Wildman–Crippen MR) is 78.4 cm³/mol. The number of carbonyl (C=O) groups excluding carboxylic acids is 1. The first kappa shape index (κ1) is 15.0. The van der Waals surface area contributed by atoms with E-state index in [1.165, 1.54) is 18.3 Å². The summed E-state index contributed by atoms with van der Waals surface area (Å²) >= 11 is 17.3. The van der Waals surface area contributed by atoms with Crippen molar-refractivity contribution in [2.45, 2.75) is 6.92 Å². The summed E-state index contributed by atoms with van der Waals surface area (Å²) in [7, 11) is 0. The second kappa shape index (κ2) is 5.95. The topological polar surface area (TPSA) is 42.0 Å². The van der Waals surface area contributed by atoms with Crippen molar-refractivity contribution >= 4 is 46.4 Å². The van der Waals surface area contributed by atoms with E-state index < -0.39 is 11.7 Å². The van der Waals surface area contributed by atoms with Crippen LogP contribution in [0.4, 0.5) is 10.1 Å². The number of nitrogens with one attached hydrogen (secondary N) is 1. The number of hydrogen-bond acceptors (Lipinski definition) is 2. The Morgan fingerprint density at radius 3 is 2.30 bits per heavy atom. The molecule has 0 aliphatic carbocycles. The van der Waals surface area contributed by atoms with Crippen LogP contribution in [0, 0.1) is 12.7 Å². The molecule has 7 heteroatoms. The number of benzene rings is 1. The van der Waals surface area contributed by atoms with Gasteiger partial charge in [-0.15, -0.1) is 0 Å². The van der Waals surface area contributed by atoms with Gasteiger partial charge in [-0.25, -0.2) is 4.39 Å². The average molecular weight is 334 g/mol. The molecule has 2 aromatic rings. The zero-order chi connectivity index (χ0) is 14.9. The quantitative estimate of drug-likeness (QED) is 0.806. The van der Waals surface area contributed by atoms with E-state index in [9.17, 15) is 9.18 Å². The summed E-state index contributed by atoms with van der Waals surface area (Å²) in [5.74, 6) is -1.22. The lowest BCUT2D eigenvalue weighted by atomic mass is 10.2. The van der Waals surface area contributed by atoms with Crippen molar-refractivity contribution in [3.8, 4) is 0 Å². The smallest absolute Gasteiger partial charge is 0.258 e. The molecule has 1 heterocycles. The highest BCUT2D eigenvalue weighted by Gasteiger charge is 2.14. The average Bonchev–Trinajstić information content (AvgIpc) is 2.35. The minimum Gasteiger partial charge on any atom is -0.322 e. The van der Waals surface area contributed by atoms with Gasteiger partial charge >= 0.3 is 0 Å². The fraction of sp³-hybridized carbons (Fsp3) is 0.0769. The number of anilines is 1. The molecule has 0 aliphatic rings. The normalized spacial score (nSPS) is 10.4. The summed E-state index contributed by atoms with van der Waals surface area (Å²) in [5.41, 5.74) is 1.16. The highest BCUT2D eigenvalue weighted by atomic mass is 35.5. The van der Waals surface area contributed by atoms with E-state index in [-0.39, 0.29) is 26.3 Å². The van der Waals surface area contributed by atoms with Crippen molar-refractivity contribution < 1.29 is 9.18 Å². The van der Waals surface area contributed by atoms with Crippen LogP contribution in [0.1, 0.15) is 16.1 Å². The number of carbonyl (C=O) groups is 1. The van der Waals surface area contributed by atoms with Crippen LogP contribution in [0.25, 0.3) is 0 Å². The largest absolute Gasteiger partial charge is 0.322 e. The first-order valence-corrected chi connectivity index (χ1v) is 6.60. The second-order valence-electron chi connectivity index (χ2n) is 4.01. The van der Waals surface area contributed by atoms with Gasteiger partial charge in [0.05, 0.1) is 20.6 Å². The number of nitrogens with zero attached hydrogens (tertiary/aromatic N) is 1. The van der Waals surface area contributed by atoms with Crippen LogP contribution in [0.5, 0.6) is 0 Å². The monoisotopic (exact) mass is 332 g/mol. The number of hydrogen-bond donors (Lipinski definition) is 1. The summed E-state index contributed by atoms with van der Waals surface area (Å²) in [6.45, 7) is 1.76. The van der Waals surface area contributed by atoms with E-state index in [0.717, 1.165) is 0 Å². The van der Waals surface area contributed by atoms with Crippen molar-refractivity contribution in [1.29, 1.82) is 0 Å². The van der Waals surface area contributed by atoms with Crippen LogP contribution >= 0.6 is 34.8 Å². The molecule has 0 fully saturated rings. The van der Waals surface area contributed by atoms with Crippen molar-refractivity contribution in [1.82, 2.24) is 4.98 Å². The van der Waals surface area contributed by atoms with E-state index in [1.54, 1.807) is 13.0 Å². The Labute approximate surface area is 129 Å². The molecule has 2 rings (SSSR count). The fourth-order valence-electron chi connectivity index (χ4n) is 1.52. The number of halogens is 4. The molecule has 1 aromatic heterocycles. The highest BCUT2D eigenvalue weighted by molar-refractivity contribution is 6.36. The Kier molecular flexibility index (Phi) is 4.48. The van der Waals surface area contributed by atoms with Crippen LogP contribution < -0.4 is 5.32 Å². The molecule has 104 valence electrons. The van der Waals surface area contributed by atoms with Gasteiger partial charge in [-0.05, 0) is 25.1 Å². The molecule has 0 spiro atoms. The molecule has 0 aliphatic heterocycles. The first-order chi connectivity index (χ1) is 9.38. The summed E-state index contributed by atoms with van der Waals surface area (Å²) in [4.78, 5) is 16.0. The van der Waals surface area contributed by atoms with Crippen LogP contribution in [-0.4, -0.2) is 10.9 Å². The van der Waals surface area contributed by atoms with Crippen LogP contribution in [0.2, 0.25) is 15.1 Å². The van der Waals surface area contributed by atoms with E-state index in [1.807, 2.05) is 0 Å². The van der Waals surface area contributed by atoms with Gasteiger partial charge in [0, 0.05) is 17.6 Å². The molecule has 20 heavy (non-hydrogen) atoms. The SMILES string of the molecule is Cc1cc(Cl)c(C(=O)Nc2cc(Cl)c(F)c(Cl)c2)cn1. The maximum Gasteiger partial charge on any atom is 0.258 e. The first-order valence-electron chi connectivity index (χ1n) is 5.46. The van der Waals surface area contributed by atoms with Gasteiger partial charge in [0.2, 0.25) is 0 Å². The van der Waals surface area contributed by atoms with Crippen molar-refractivity contribution in [3.05, 3.63) is 56.5 Å². The van der Waals surface area contributed by atoms with E-state index >= 15 is 0 Å². The Bertz CT molecular complexity index is 668. The zero-order valence-electron chi connectivity index (χ0n) is 10.2. The fourth-order valence-corrected chi connectivity index (χ4v) is 2.30. The van der Waals surface area contributed by atoms with Crippen molar-refractivity contribution in [3.63, 3.8) is 0 Å². The number of rotatable bonds is 2. The van der Waals surface area contributed by atoms with Crippen molar-refractivity contribution in [2.75, 3.05) is 5.32 Å². The maximum absolute atomic E-state index is 13.3. The molecule has 1 aromatic carbocycles. The lowest BCUT2D eigenvalue weighted by Crippen LogP contribution is -2.13. The zero-order valence-corrected chi connectivity index (χ0v) is 12.4. The van der Waals surface area contributed by atoms with Gasteiger partial charge in [-0.3, -0.25) is 9.78 Å². The molecule has 0 bridgehead atoms. The Morgan fingerprint density at radius 2 is 1.75 bits per heavy atom. The van der Waals surface area contributed by atoms with Crippen molar-refractivity contribution in [2.24, 2.45) is 0 Å². The van der Waals surface area contributed by atoms with Gasteiger partial charge in [0.1, 0.15) is 0 Å². The van der Waals surface area contributed by atoms with E-state index in [2.05, 4.69) is 10.3 Å². The van der Waals surface area contributed by atoms with Gasteiger partial charge in [0.15, 0.2) is 5.82 Å². The second-order valence-corrected chi connectivity index (χ2v) is 5.24. The Morgan fingerprint density at radius 1 is 1.15 bits per heavy atom. The minimum atomic E-state index is -0.735. The molecular weight excluding hydrogens is 326 g/mol. The summed E-state index contributed by atoms with van der Waals surface area (Å²) in [6, 6.07) is 4.09. The minimum absolute atomic E-state index is 0.180. The maximum atomic E-state index is 13.3.